The molecule has 0 aliphatic carbocycles. The fourth-order valence-electron chi connectivity index (χ4n) is 3.82. The lowest BCUT2D eigenvalue weighted by molar-refractivity contribution is 0.0979. The molecule has 23 heavy (non-hydrogen) atoms. The molecular formula is C19H21N3O. The summed E-state index contributed by atoms with van der Waals surface area (Å²) in [6, 6.07) is 8.41. The SMILES string of the molecule is CC1Cc2ccccc2N1C(=O)c1cncc2c1CCN(C)C2. The first-order valence-electron chi connectivity index (χ1n) is 8.21. The molecule has 1 unspecified atom stereocenters. The van der Waals surface area contributed by atoms with Crippen LogP contribution in [0, 0.1) is 0 Å². The van der Waals surface area contributed by atoms with Crippen molar-refractivity contribution in [3.05, 3.63) is 58.9 Å². The van der Waals surface area contributed by atoms with Crippen molar-refractivity contribution in [2.45, 2.75) is 32.4 Å². The number of benzene rings is 1. The molecule has 118 valence electrons. The van der Waals surface area contributed by atoms with Crippen molar-refractivity contribution in [1.29, 1.82) is 0 Å². The summed E-state index contributed by atoms with van der Waals surface area (Å²) in [5.74, 6) is 0.0938. The lowest BCUT2D eigenvalue weighted by atomic mass is 9.96. The Hall–Kier alpha value is -2.20. The number of pyridine rings is 1. The Balaban J connectivity index is 1.75. The van der Waals surface area contributed by atoms with Crippen molar-refractivity contribution >= 4 is 11.6 Å². The third-order valence-electron chi connectivity index (χ3n) is 4.99. The third kappa shape index (κ3) is 2.34. The Morgan fingerprint density at radius 3 is 2.91 bits per heavy atom. The highest BCUT2D eigenvalue weighted by atomic mass is 16.2. The number of anilines is 1. The van der Waals surface area contributed by atoms with Crippen LogP contribution >= 0.6 is 0 Å². The summed E-state index contributed by atoms with van der Waals surface area (Å²) in [6.07, 6.45) is 5.50. The number of para-hydroxylation sites is 1. The van der Waals surface area contributed by atoms with E-state index in [1.54, 1.807) is 6.20 Å². The molecule has 4 heteroatoms. The maximum absolute atomic E-state index is 13.2. The number of carbonyl (C=O) groups excluding carboxylic acids is 1. The first kappa shape index (κ1) is 14.4. The predicted molar refractivity (Wildman–Crippen MR) is 90.7 cm³/mol. The molecule has 0 fully saturated rings. The van der Waals surface area contributed by atoms with Gasteiger partial charge in [0.05, 0.1) is 5.56 Å². The van der Waals surface area contributed by atoms with Gasteiger partial charge in [-0.1, -0.05) is 18.2 Å². The number of nitrogens with zero attached hydrogens (tertiary/aromatic N) is 3. The highest BCUT2D eigenvalue weighted by Gasteiger charge is 2.33. The monoisotopic (exact) mass is 307 g/mol. The molecule has 4 nitrogen and oxygen atoms in total. The number of aromatic nitrogens is 1. The molecule has 2 aliphatic heterocycles. The molecule has 4 rings (SSSR count). The van der Waals surface area contributed by atoms with E-state index >= 15 is 0 Å². The van der Waals surface area contributed by atoms with Crippen LogP contribution in [0.15, 0.2) is 36.7 Å². The van der Waals surface area contributed by atoms with Gasteiger partial charge >= 0.3 is 0 Å². The van der Waals surface area contributed by atoms with Crippen LogP contribution in [0.1, 0.15) is 34.0 Å². The van der Waals surface area contributed by atoms with Gasteiger partial charge in [0, 0.05) is 37.2 Å². The molecule has 0 radical (unpaired) electrons. The average Bonchev–Trinajstić information content (AvgIpc) is 2.89. The van der Waals surface area contributed by atoms with Gasteiger partial charge in [0.25, 0.3) is 5.91 Å². The first-order chi connectivity index (χ1) is 11.1. The van der Waals surface area contributed by atoms with Crippen molar-refractivity contribution < 1.29 is 4.79 Å². The zero-order valence-corrected chi connectivity index (χ0v) is 13.6. The van der Waals surface area contributed by atoms with E-state index in [-0.39, 0.29) is 11.9 Å². The molecular weight excluding hydrogens is 286 g/mol. The van der Waals surface area contributed by atoms with Gasteiger partial charge in [-0.15, -0.1) is 0 Å². The topological polar surface area (TPSA) is 36.4 Å². The summed E-state index contributed by atoms with van der Waals surface area (Å²) in [4.78, 5) is 21.8. The quantitative estimate of drug-likeness (QED) is 0.813. The Morgan fingerprint density at radius 1 is 1.22 bits per heavy atom. The standard InChI is InChI=1S/C19H21N3O/c1-13-9-14-5-3-4-6-18(14)22(13)19(23)17-11-20-10-15-12-21(2)8-7-16(15)17/h3-6,10-11,13H,7-9,12H2,1-2H3. The molecule has 1 aromatic carbocycles. The van der Waals surface area contributed by atoms with E-state index in [1.165, 1.54) is 16.7 Å². The molecule has 0 saturated heterocycles. The second kappa shape index (κ2) is 5.46. The number of hydrogen-bond acceptors (Lipinski definition) is 3. The summed E-state index contributed by atoms with van der Waals surface area (Å²) >= 11 is 0. The molecule has 1 atom stereocenters. The van der Waals surface area contributed by atoms with Gasteiger partial charge in [0.15, 0.2) is 0 Å². The van der Waals surface area contributed by atoms with Gasteiger partial charge in [-0.25, -0.2) is 0 Å². The Bertz CT molecular complexity index is 771. The van der Waals surface area contributed by atoms with Crippen LogP contribution in [0.5, 0.6) is 0 Å². The number of hydrogen-bond donors (Lipinski definition) is 0. The van der Waals surface area contributed by atoms with Crippen LogP contribution < -0.4 is 4.90 Å². The smallest absolute Gasteiger partial charge is 0.260 e. The molecule has 2 aromatic rings. The predicted octanol–water partition coefficient (Wildman–Crippen LogP) is 2.66. The molecule has 3 heterocycles. The highest BCUT2D eigenvalue weighted by molar-refractivity contribution is 6.08. The molecule has 0 spiro atoms. The summed E-state index contributed by atoms with van der Waals surface area (Å²) < 4.78 is 0. The van der Waals surface area contributed by atoms with E-state index in [9.17, 15) is 4.79 Å². The zero-order valence-electron chi connectivity index (χ0n) is 13.6. The number of fused-ring (bicyclic) bond motifs is 2. The van der Waals surface area contributed by atoms with Crippen LogP contribution in [0.3, 0.4) is 0 Å². The molecule has 2 aliphatic rings. The van der Waals surface area contributed by atoms with Crippen LogP contribution in [0.2, 0.25) is 0 Å². The lowest BCUT2D eigenvalue weighted by Crippen LogP contribution is -2.37. The summed E-state index contributed by atoms with van der Waals surface area (Å²) in [6.45, 7) is 3.98. The summed E-state index contributed by atoms with van der Waals surface area (Å²) in [5.41, 5.74) is 5.45. The van der Waals surface area contributed by atoms with Gasteiger partial charge in [-0.3, -0.25) is 9.78 Å². The third-order valence-corrected chi connectivity index (χ3v) is 4.99. The zero-order chi connectivity index (χ0) is 16.0. The maximum atomic E-state index is 13.2. The second-order valence-electron chi connectivity index (χ2n) is 6.67. The van der Waals surface area contributed by atoms with E-state index in [2.05, 4.69) is 29.9 Å². The van der Waals surface area contributed by atoms with E-state index in [0.717, 1.165) is 37.2 Å². The van der Waals surface area contributed by atoms with Crippen molar-refractivity contribution in [1.82, 2.24) is 9.88 Å². The molecule has 0 bridgehead atoms. The summed E-state index contributed by atoms with van der Waals surface area (Å²) in [5, 5.41) is 0. The van der Waals surface area contributed by atoms with E-state index in [4.69, 9.17) is 0 Å². The average molecular weight is 307 g/mol. The molecule has 1 aromatic heterocycles. The minimum Gasteiger partial charge on any atom is -0.305 e. The Kier molecular flexibility index (Phi) is 3.42. The van der Waals surface area contributed by atoms with E-state index in [0.29, 0.717) is 0 Å². The largest absolute Gasteiger partial charge is 0.305 e. The fraction of sp³-hybridized carbons (Fsp3) is 0.368. The molecule has 0 saturated carbocycles. The molecule has 1 amide bonds. The number of carbonyl (C=O) groups is 1. The van der Waals surface area contributed by atoms with E-state index in [1.807, 2.05) is 29.3 Å². The van der Waals surface area contributed by atoms with Gasteiger partial charge in [0.2, 0.25) is 0 Å². The Morgan fingerprint density at radius 2 is 2.04 bits per heavy atom. The minimum atomic E-state index is 0.0938. The maximum Gasteiger partial charge on any atom is 0.260 e. The van der Waals surface area contributed by atoms with Gasteiger partial charge in [0.1, 0.15) is 0 Å². The number of rotatable bonds is 1. The van der Waals surface area contributed by atoms with Crippen LogP contribution in [-0.4, -0.2) is 35.4 Å². The highest BCUT2D eigenvalue weighted by Crippen LogP contribution is 2.34. The van der Waals surface area contributed by atoms with Crippen molar-refractivity contribution in [2.75, 3.05) is 18.5 Å². The van der Waals surface area contributed by atoms with Gasteiger partial charge in [-0.05, 0) is 49.6 Å². The normalized spacial score (nSPS) is 20.3. The fourth-order valence-corrected chi connectivity index (χ4v) is 3.82. The first-order valence-corrected chi connectivity index (χ1v) is 8.21. The lowest BCUT2D eigenvalue weighted by Gasteiger charge is -2.28. The summed E-state index contributed by atoms with van der Waals surface area (Å²) in [7, 11) is 2.11. The van der Waals surface area contributed by atoms with Gasteiger partial charge in [-0.2, -0.15) is 0 Å². The second-order valence-corrected chi connectivity index (χ2v) is 6.67. The Labute approximate surface area is 136 Å². The minimum absolute atomic E-state index is 0.0938. The van der Waals surface area contributed by atoms with Crippen LogP contribution in [0.4, 0.5) is 5.69 Å². The van der Waals surface area contributed by atoms with Crippen molar-refractivity contribution in [3.8, 4) is 0 Å². The van der Waals surface area contributed by atoms with Crippen LogP contribution in [-0.2, 0) is 19.4 Å². The number of likely N-dealkylation sites (N-methyl/N-ethyl adjacent to an activating group) is 1. The number of amides is 1. The molecule has 0 N–H and O–H groups in total. The van der Waals surface area contributed by atoms with Crippen molar-refractivity contribution in [3.63, 3.8) is 0 Å². The van der Waals surface area contributed by atoms with E-state index < -0.39 is 0 Å². The van der Waals surface area contributed by atoms with Crippen molar-refractivity contribution in [2.24, 2.45) is 0 Å². The van der Waals surface area contributed by atoms with Gasteiger partial charge < -0.3 is 9.80 Å². The van der Waals surface area contributed by atoms with Crippen LogP contribution in [0.25, 0.3) is 0 Å².